The maximum absolute atomic E-state index is 9.57. The summed E-state index contributed by atoms with van der Waals surface area (Å²) < 4.78 is 13.6. The van der Waals surface area contributed by atoms with Gasteiger partial charge in [-0.1, -0.05) is 0 Å². The normalized spacial score (nSPS) is 7.27. The summed E-state index contributed by atoms with van der Waals surface area (Å²) in [5.41, 5.74) is 0. The van der Waals surface area contributed by atoms with Crippen molar-refractivity contribution >= 4 is 8.25 Å². The molecule has 9 heteroatoms. The summed E-state index contributed by atoms with van der Waals surface area (Å²) in [6.45, 7) is -0.298. The molecular weight excluding hydrogens is 211 g/mol. The molecule has 0 radical (unpaired) electrons. The van der Waals surface area contributed by atoms with Crippen LogP contribution in [-0.2, 0) is 9.09 Å². The quantitative estimate of drug-likeness (QED) is 0.367. The molecule has 0 bridgehead atoms. The van der Waals surface area contributed by atoms with E-state index in [0.717, 1.165) is 0 Å². The molecule has 4 nitrogen and oxygen atoms in total. The van der Waals surface area contributed by atoms with Crippen LogP contribution in [0.3, 0.4) is 0 Å². The third-order valence-electron chi connectivity index (χ3n) is 0.293. The molecule has 11 heavy (non-hydrogen) atoms. The van der Waals surface area contributed by atoms with Crippen molar-refractivity contribution < 1.29 is 143 Å². The topological polar surface area (TPSA) is 66.8 Å². The van der Waals surface area contributed by atoms with Crippen LogP contribution < -0.4 is 118 Å². The van der Waals surface area contributed by atoms with Crippen LogP contribution >= 0.6 is 8.25 Å². The molecule has 0 aliphatic carbocycles. The van der Waals surface area contributed by atoms with Crippen LogP contribution in [0, 0.1) is 0 Å². The monoisotopic (exact) mass is 221 g/mol. The molecule has 50 valence electrons. The molecule has 0 heterocycles. The van der Waals surface area contributed by atoms with Gasteiger partial charge in [-0.3, -0.25) is 0 Å². The van der Waals surface area contributed by atoms with Crippen molar-refractivity contribution in [1.82, 2.24) is 0 Å². The largest absolute Gasteiger partial charge is 1.00 e. The Labute approximate surface area is 161 Å². The van der Waals surface area contributed by atoms with E-state index in [1.54, 1.807) is 0 Å². The van der Waals surface area contributed by atoms with Gasteiger partial charge in [-0.25, -0.2) is 0 Å². The molecule has 0 aliphatic heterocycles. The average molecular weight is 221 g/mol. The zero-order valence-corrected chi connectivity index (χ0v) is 16.5. The van der Waals surface area contributed by atoms with E-state index in [1.165, 1.54) is 0 Å². The van der Waals surface area contributed by atoms with Crippen molar-refractivity contribution in [2.24, 2.45) is 0 Å². The van der Waals surface area contributed by atoms with Crippen molar-refractivity contribution in [3.05, 3.63) is 0 Å². The van der Waals surface area contributed by atoms with Crippen molar-refractivity contribution in [3.8, 4) is 0 Å². The van der Waals surface area contributed by atoms with Crippen LogP contribution in [0.1, 0.15) is 5.71 Å². The van der Waals surface area contributed by atoms with Crippen molar-refractivity contribution in [1.29, 1.82) is 0 Å². The predicted molar refractivity (Wildman–Crippen MR) is 27.3 cm³/mol. The van der Waals surface area contributed by atoms with Crippen LogP contribution in [0.5, 0.6) is 0 Å². The first-order valence-electron chi connectivity index (χ1n) is 1.67. The Morgan fingerprint density at radius 2 is 1.64 bits per heavy atom. The SMILES string of the molecule is O=[P+](O)OCCO.[H-].[H-].[H-].[H-].[Na+].[Na+].[Na+].[Na+]. The molecule has 0 rings (SSSR count). The van der Waals surface area contributed by atoms with Gasteiger partial charge in [0.05, 0.1) is 6.61 Å². The van der Waals surface area contributed by atoms with Gasteiger partial charge in [-0.2, -0.15) is 0 Å². The smallest absolute Gasteiger partial charge is 1.00 e. The minimum atomic E-state index is -2.52. The van der Waals surface area contributed by atoms with Gasteiger partial charge in [-0.05, 0) is 0 Å². The second-order valence-corrected chi connectivity index (χ2v) is 1.53. The molecule has 0 aromatic heterocycles. The van der Waals surface area contributed by atoms with Gasteiger partial charge in [0.15, 0.2) is 0 Å². The first-order valence-corrected chi connectivity index (χ1v) is 2.80. The fourth-order valence-corrected chi connectivity index (χ4v) is 0.357. The summed E-state index contributed by atoms with van der Waals surface area (Å²) in [7, 11) is -2.52. The van der Waals surface area contributed by atoms with Crippen LogP contribution in [0.4, 0.5) is 0 Å². The summed E-state index contributed by atoms with van der Waals surface area (Å²) in [5, 5.41) is 7.95. The number of aliphatic hydroxyl groups is 1. The van der Waals surface area contributed by atoms with Crippen molar-refractivity contribution in [2.75, 3.05) is 13.2 Å². The Bertz CT molecular complexity index is 85.7. The second kappa shape index (κ2) is 23.6. The Kier molecular flexibility index (Phi) is 63.2. The summed E-state index contributed by atoms with van der Waals surface area (Å²) in [6.07, 6.45) is 0. The van der Waals surface area contributed by atoms with Gasteiger partial charge in [0.25, 0.3) is 0 Å². The number of hydrogen-bond acceptors (Lipinski definition) is 3. The zero-order chi connectivity index (χ0) is 5.70. The Hall–Kier alpha value is 3.98. The van der Waals surface area contributed by atoms with Gasteiger partial charge in [0.2, 0.25) is 0 Å². The molecule has 0 aliphatic rings. The summed E-state index contributed by atoms with van der Waals surface area (Å²) in [4.78, 5) is 7.86. The predicted octanol–water partition coefficient (Wildman–Crippen LogP) is -11.9. The molecule has 0 fully saturated rings. The Morgan fingerprint density at radius 3 is 1.73 bits per heavy atom. The van der Waals surface area contributed by atoms with E-state index in [-0.39, 0.29) is 137 Å². The Balaban J connectivity index is -0.00000000643. The molecular formula is C2H10Na4O4P+. The summed E-state index contributed by atoms with van der Waals surface area (Å²) in [5.74, 6) is 0. The zero-order valence-electron chi connectivity index (χ0n) is 11.6. The van der Waals surface area contributed by atoms with Crippen LogP contribution in [0.2, 0.25) is 0 Å². The fraction of sp³-hybridized carbons (Fsp3) is 1.00. The maximum atomic E-state index is 9.57. The van der Waals surface area contributed by atoms with E-state index in [0.29, 0.717) is 0 Å². The Morgan fingerprint density at radius 1 is 1.27 bits per heavy atom. The molecule has 1 unspecified atom stereocenters. The third-order valence-corrected chi connectivity index (χ3v) is 0.696. The minimum Gasteiger partial charge on any atom is -1.00 e. The summed E-state index contributed by atoms with van der Waals surface area (Å²) >= 11 is 0. The standard InChI is InChI=1S/C2H5O4P.4Na.4H/c3-1-2-6-7(4)5;;;;;;;;/h3H,1-2H2;;;;;;;;/q;4*+1;4*-1/p+1. The molecule has 0 amide bonds. The molecule has 0 aromatic carbocycles. The fourth-order valence-electron chi connectivity index (χ4n) is 0.119. The van der Waals surface area contributed by atoms with E-state index in [4.69, 9.17) is 10.00 Å². The van der Waals surface area contributed by atoms with Gasteiger partial charge in [0, 0.05) is 4.57 Å². The van der Waals surface area contributed by atoms with Gasteiger partial charge in [0.1, 0.15) is 6.61 Å². The van der Waals surface area contributed by atoms with Crippen molar-refractivity contribution in [3.63, 3.8) is 0 Å². The molecule has 0 saturated heterocycles. The van der Waals surface area contributed by atoms with Gasteiger partial charge >= 0.3 is 126 Å². The number of aliphatic hydroxyl groups excluding tert-OH is 1. The number of rotatable bonds is 3. The van der Waals surface area contributed by atoms with Crippen LogP contribution in [0.15, 0.2) is 0 Å². The molecule has 1 atom stereocenters. The van der Waals surface area contributed by atoms with Crippen LogP contribution in [0.25, 0.3) is 0 Å². The van der Waals surface area contributed by atoms with E-state index in [2.05, 4.69) is 4.52 Å². The molecule has 0 saturated carbocycles. The minimum absolute atomic E-state index is 0. The van der Waals surface area contributed by atoms with E-state index in [1.807, 2.05) is 0 Å². The van der Waals surface area contributed by atoms with Gasteiger partial charge in [-0.15, -0.1) is 9.42 Å². The van der Waals surface area contributed by atoms with E-state index < -0.39 is 8.25 Å². The average Bonchev–Trinajstić information content (AvgIpc) is 1.61. The van der Waals surface area contributed by atoms with Crippen molar-refractivity contribution in [2.45, 2.75) is 0 Å². The maximum Gasteiger partial charge on any atom is 1.00 e. The third kappa shape index (κ3) is 31.5. The van der Waals surface area contributed by atoms with Gasteiger partial charge < -0.3 is 10.8 Å². The summed E-state index contributed by atoms with van der Waals surface area (Å²) in [6, 6.07) is 0. The first kappa shape index (κ1) is 29.4. The number of hydrogen-bond donors (Lipinski definition) is 2. The molecule has 0 spiro atoms. The second-order valence-electron chi connectivity index (χ2n) is 0.795. The first-order chi connectivity index (χ1) is 3.27. The molecule has 0 aromatic rings. The van der Waals surface area contributed by atoms with E-state index >= 15 is 0 Å². The van der Waals surface area contributed by atoms with E-state index in [9.17, 15) is 4.57 Å². The van der Waals surface area contributed by atoms with Crippen LogP contribution in [-0.4, -0.2) is 23.2 Å². The molecule has 2 N–H and O–H groups in total.